The SMILES string of the molecule is CC1=CCc2cc(S(=O)(=O)NNCC(C)C)sc2S1(=O)=O. The monoisotopic (exact) mass is 350 g/mol. The van der Waals surface area contributed by atoms with Crippen LogP contribution in [0.4, 0.5) is 0 Å². The molecule has 21 heavy (non-hydrogen) atoms. The minimum atomic E-state index is -3.75. The van der Waals surface area contributed by atoms with Gasteiger partial charge in [-0.15, -0.1) is 16.2 Å². The maximum absolute atomic E-state index is 12.2. The molecule has 1 aliphatic heterocycles. The fourth-order valence-corrected chi connectivity index (χ4v) is 6.28. The van der Waals surface area contributed by atoms with Crippen molar-refractivity contribution in [3.05, 3.63) is 22.6 Å². The van der Waals surface area contributed by atoms with E-state index in [0.717, 1.165) is 11.3 Å². The number of hydrazine groups is 1. The van der Waals surface area contributed by atoms with Crippen LogP contribution in [0, 0.1) is 5.92 Å². The summed E-state index contributed by atoms with van der Waals surface area (Å²) in [5.74, 6) is 0.288. The molecule has 2 rings (SSSR count). The molecule has 2 heterocycles. The molecule has 0 saturated heterocycles. The first-order chi connectivity index (χ1) is 9.64. The van der Waals surface area contributed by atoms with Crippen molar-refractivity contribution in [3.8, 4) is 0 Å². The number of sulfonamides is 1. The number of allylic oxidation sites excluding steroid dienone is 2. The van der Waals surface area contributed by atoms with Crippen LogP contribution < -0.4 is 10.3 Å². The van der Waals surface area contributed by atoms with Gasteiger partial charge in [0.25, 0.3) is 10.0 Å². The number of thiophene rings is 1. The van der Waals surface area contributed by atoms with E-state index in [1.807, 2.05) is 13.8 Å². The third kappa shape index (κ3) is 3.37. The predicted octanol–water partition coefficient (Wildman–Crippen LogP) is 1.42. The first-order valence-corrected chi connectivity index (χ1v) is 10.2. The Bertz CT molecular complexity index is 773. The van der Waals surface area contributed by atoms with Gasteiger partial charge < -0.3 is 0 Å². The molecule has 1 aromatic heterocycles. The molecule has 6 nitrogen and oxygen atoms in total. The summed E-state index contributed by atoms with van der Waals surface area (Å²) in [5.41, 5.74) is 3.18. The van der Waals surface area contributed by atoms with E-state index in [1.165, 1.54) is 13.0 Å². The quantitative estimate of drug-likeness (QED) is 0.784. The Kier molecular flexibility index (Phi) is 4.60. The molecule has 0 unspecified atom stereocenters. The summed E-state index contributed by atoms with van der Waals surface area (Å²) in [4.78, 5) is 2.55. The smallest absolute Gasteiger partial charge is 0.244 e. The highest BCUT2D eigenvalue weighted by atomic mass is 32.3. The maximum atomic E-state index is 12.2. The van der Waals surface area contributed by atoms with E-state index >= 15 is 0 Å². The third-order valence-electron chi connectivity index (χ3n) is 3.01. The van der Waals surface area contributed by atoms with Crippen molar-refractivity contribution in [3.63, 3.8) is 0 Å². The molecule has 0 amide bonds. The number of nitrogens with one attached hydrogen (secondary N) is 2. The van der Waals surface area contributed by atoms with Gasteiger partial charge in [0, 0.05) is 11.4 Å². The maximum Gasteiger partial charge on any atom is 0.262 e. The van der Waals surface area contributed by atoms with Crippen molar-refractivity contribution < 1.29 is 16.8 Å². The van der Waals surface area contributed by atoms with Gasteiger partial charge in [0.05, 0.1) is 0 Å². The molecular weight excluding hydrogens is 332 g/mol. The molecule has 118 valence electrons. The second-order valence-electron chi connectivity index (χ2n) is 5.28. The Balaban J connectivity index is 2.29. The Morgan fingerprint density at radius 2 is 2.05 bits per heavy atom. The average Bonchev–Trinajstić information content (AvgIpc) is 2.80. The zero-order chi connectivity index (χ0) is 15.8. The molecular formula is C12H18N2O4S3. The van der Waals surface area contributed by atoms with Gasteiger partial charge >= 0.3 is 0 Å². The summed E-state index contributed by atoms with van der Waals surface area (Å²) in [7, 11) is -7.28. The Hall–Kier alpha value is -0.740. The molecule has 1 aliphatic rings. The highest BCUT2D eigenvalue weighted by Crippen LogP contribution is 2.37. The lowest BCUT2D eigenvalue weighted by Gasteiger charge is -2.09. The number of fused-ring (bicyclic) bond motifs is 1. The van der Waals surface area contributed by atoms with E-state index in [2.05, 4.69) is 10.3 Å². The van der Waals surface area contributed by atoms with Crippen molar-refractivity contribution in [2.24, 2.45) is 5.92 Å². The molecule has 9 heteroatoms. The first-order valence-electron chi connectivity index (χ1n) is 6.44. The molecule has 0 fully saturated rings. The normalized spacial score (nSPS) is 17.6. The number of hydrogen-bond donors (Lipinski definition) is 2. The minimum Gasteiger partial charge on any atom is -0.244 e. The van der Waals surface area contributed by atoms with E-state index in [9.17, 15) is 16.8 Å². The molecule has 0 saturated carbocycles. The zero-order valence-corrected chi connectivity index (χ0v) is 14.5. The summed E-state index contributed by atoms with van der Waals surface area (Å²) in [6, 6.07) is 1.43. The fourth-order valence-electron chi connectivity index (χ4n) is 1.79. The third-order valence-corrected chi connectivity index (χ3v) is 8.42. The number of hydrogen-bond acceptors (Lipinski definition) is 6. The van der Waals surface area contributed by atoms with Crippen LogP contribution in [-0.2, 0) is 26.3 Å². The van der Waals surface area contributed by atoms with Gasteiger partial charge in [-0.2, -0.15) is 0 Å². The van der Waals surface area contributed by atoms with Gasteiger partial charge in [-0.1, -0.05) is 19.9 Å². The van der Waals surface area contributed by atoms with E-state index in [1.54, 1.807) is 6.08 Å². The van der Waals surface area contributed by atoms with Crippen LogP contribution in [0.5, 0.6) is 0 Å². The van der Waals surface area contributed by atoms with Crippen molar-refractivity contribution >= 4 is 31.2 Å². The molecule has 0 atom stereocenters. The predicted molar refractivity (Wildman–Crippen MR) is 82.1 cm³/mol. The van der Waals surface area contributed by atoms with E-state index in [-0.39, 0.29) is 19.2 Å². The molecule has 0 aliphatic carbocycles. The number of rotatable bonds is 5. The lowest BCUT2D eigenvalue weighted by molar-refractivity contribution is 0.514. The van der Waals surface area contributed by atoms with E-state index in [4.69, 9.17) is 0 Å². The second-order valence-corrected chi connectivity index (χ2v) is 10.6. The Morgan fingerprint density at radius 1 is 1.38 bits per heavy atom. The van der Waals surface area contributed by atoms with Crippen LogP contribution in [-0.4, -0.2) is 23.4 Å². The van der Waals surface area contributed by atoms with Crippen molar-refractivity contribution in [1.82, 2.24) is 10.3 Å². The standard InChI is InChI=1S/C12H18N2O4S3/c1-8(2)7-13-14-21(17,18)11-6-10-5-4-9(3)20(15,16)12(10)19-11/h4,6,8,13-14H,5,7H2,1-3H3. The molecule has 1 aromatic rings. The number of sulfone groups is 1. The summed E-state index contributed by atoms with van der Waals surface area (Å²) >= 11 is 0.793. The van der Waals surface area contributed by atoms with Gasteiger partial charge in [-0.05, 0) is 30.9 Å². The van der Waals surface area contributed by atoms with E-state index < -0.39 is 19.9 Å². The topological polar surface area (TPSA) is 92.3 Å². The van der Waals surface area contributed by atoms with Crippen molar-refractivity contribution in [2.75, 3.05) is 6.54 Å². The molecule has 0 aromatic carbocycles. The molecule has 2 N–H and O–H groups in total. The first kappa shape index (κ1) is 16.6. The summed E-state index contributed by atoms with van der Waals surface area (Å²) < 4.78 is 48.8. The highest BCUT2D eigenvalue weighted by molar-refractivity contribution is 7.98. The lowest BCUT2D eigenvalue weighted by Crippen LogP contribution is -2.39. The van der Waals surface area contributed by atoms with Crippen LogP contribution in [0.15, 0.2) is 25.5 Å². The van der Waals surface area contributed by atoms with Crippen LogP contribution >= 0.6 is 11.3 Å². The van der Waals surface area contributed by atoms with Crippen LogP contribution in [0.1, 0.15) is 26.3 Å². The Labute approximate surface area is 129 Å². The van der Waals surface area contributed by atoms with Gasteiger partial charge in [-0.3, -0.25) is 0 Å². The lowest BCUT2D eigenvalue weighted by atomic mass is 10.2. The van der Waals surface area contributed by atoms with Gasteiger partial charge in [0.1, 0.15) is 8.42 Å². The Morgan fingerprint density at radius 3 is 2.67 bits per heavy atom. The minimum absolute atomic E-state index is 0.00966. The van der Waals surface area contributed by atoms with Crippen molar-refractivity contribution in [1.29, 1.82) is 0 Å². The largest absolute Gasteiger partial charge is 0.262 e. The van der Waals surface area contributed by atoms with Crippen LogP contribution in [0.25, 0.3) is 0 Å². The average molecular weight is 350 g/mol. The van der Waals surface area contributed by atoms with Crippen molar-refractivity contribution in [2.45, 2.75) is 35.6 Å². The summed E-state index contributed by atoms with van der Waals surface area (Å²) in [6.07, 6.45) is 2.04. The summed E-state index contributed by atoms with van der Waals surface area (Å²) in [6.45, 7) is 5.91. The van der Waals surface area contributed by atoms with Gasteiger partial charge in [0.2, 0.25) is 9.84 Å². The highest BCUT2D eigenvalue weighted by Gasteiger charge is 2.30. The fraction of sp³-hybridized carbons (Fsp3) is 0.500. The zero-order valence-electron chi connectivity index (χ0n) is 12.0. The van der Waals surface area contributed by atoms with Crippen LogP contribution in [0.2, 0.25) is 0 Å². The van der Waals surface area contributed by atoms with Gasteiger partial charge in [0.15, 0.2) is 0 Å². The second kappa shape index (κ2) is 5.81. The molecule has 0 radical (unpaired) electrons. The van der Waals surface area contributed by atoms with Gasteiger partial charge in [-0.25, -0.2) is 22.3 Å². The van der Waals surface area contributed by atoms with Crippen LogP contribution in [0.3, 0.4) is 0 Å². The summed E-state index contributed by atoms with van der Waals surface area (Å²) in [5, 5.41) is 0. The molecule has 0 spiro atoms. The molecule has 0 bridgehead atoms. The van der Waals surface area contributed by atoms with E-state index in [0.29, 0.717) is 18.5 Å².